The Morgan fingerprint density at radius 2 is 1.70 bits per heavy atom. The van der Waals surface area contributed by atoms with Gasteiger partial charge in [0.25, 0.3) is 0 Å². The minimum Gasteiger partial charge on any atom is -0.372 e. The molecule has 0 bridgehead atoms. The van der Waals surface area contributed by atoms with E-state index in [9.17, 15) is 9.59 Å². The van der Waals surface area contributed by atoms with Crippen molar-refractivity contribution < 1.29 is 9.59 Å². The molecule has 0 saturated carbocycles. The Bertz CT molecular complexity index is 780. The van der Waals surface area contributed by atoms with Crippen LogP contribution in [0.5, 0.6) is 0 Å². The summed E-state index contributed by atoms with van der Waals surface area (Å²) in [6, 6.07) is 15.9. The minimum atomic E-state index is -0.638. The maximum Gasteiger partial charge on any atom is 0.313 e. The first kappa shape index (κ1) is 19.0. The summed E-state index contributed by atoms with van der Waals surface area (Å²) in [5, 5.41) is 5.30. The highest BCUT2D eigenvalue weighted by Gasteiger charge is 2.13. The smallest absolute Gasteiger partial charge is 0.313 e. The quantitative estimate of drug-likeness (QED) is 0.800. The van der Waals surface area contributed by atoms with Crippen molar-refractivity contribution in [1.29, 1.82) is 0 Å². The molecular weight excluding hydrogens is 338 g/mol. The van der Waals surface area contributed by atoms with Gasteiger partial charge >= 0.3 is 11.8 Å². The molecule has 0 aromatic heterocycles. The van der Waals surface area contributed by atoms with Gasteiger partial charge in [-0.1, -0.05) is 24.3 Å². The molecule has 0 spiro atoms. The first-order chi connectivity index (χ1) is 13.1. The van der Waals surface area contributed by atoms with E-state index in [4.69, 9.17) is 0 Å². The second-order valence-corrected chi connectivity index (χ2v) is 7.04. The number of carbonyl (C=O) groups is 2. The zero-order valence-corrected chi connectivity index (χ0v) is 15.8. The monoisotopic (exact) mass is 365 g/mol. The molecule has 1 saturated heterocycles. The molecule has 1 fully saturated rings. The van der Waals surface area contributed by atoms with Crippen molar-refractivity contribution in [2.75, 3.05) is 29.9 Å². The lowest BCUT2D eigenvalue weighted by Crippen LogP contribution is -2.36. The Morgan fingerprint density at radius 1 is 0.963 bits per heavy atom. The normalized spacial score (nSPS) is 13.9. The summed E-state index contributed by atoms with van der Waals surface area (Å²) in [4.78, 5) is 26.3. The topological polar surface area (TPSA) is 61.4 Å². The SMILES string of the molecule is Cc1cccc(NC(=O)C(=O)NCCc2ccc(N3CCCCC3)cc2)c1. The molecule has 3 rings (SSSR count). The summed E-state index contributed by atoms with van der Waals surface area (Å²) in [5.74, 6) is -1.25. The van der Waals surface area contributed by atoms with E-state index in [1.165, 1.54) is 24.9 Å². The first-order valence-electron chi connectivity index (χ1n) is 9.61. The molecule has 2 amide bonds. The van der Waals surface area contributed by atoms with E-state index in [0.717, 1.165) is 24.2 Å². The Balaban J connectivity index is 1.43. The Morgan fingerprint density at radius 3 is 2.41 bits per heavy atom. The molecule has 5 nitrogen and oxygen atoms in total. The molecule has 2 N–H and O–H groups in total. The van der Waals surface area contributed by atoms with Crippen molar-refractivity contribution in [3.63, 3.8) is 0 Å². The van der Waals surface area contributed by atoms with Crippen LogP contribution in [0.4, 0.5) is 11.4 Å². The lowest BCUT2D eigenvalue weighted by molar-refractivity contribution is -0.136. The van der Waals surface area contributed by atoms with Gasteiger partial charge in [0.1, 0.15) is 0 Å². The van der Waals surface area contributed by atoms with Crippen LogP contribution in [0.1, 0.15) is 30.4 Å². The van der Waals surface area contributed by atoms with Crippen molar-refractivity contribution in [3.05, 3.63) is 59.7 Å². The number of hydrogen-bond acceptors (Lipinski definition) is 3. The van der Waals surface area contributed by atoms with Crippen molar-refractivity contribution in [2.24, 2.45) is 0 Å². The molecule has 142 valence electrons. The van der Waals surface area contributed by atoms with Crippen molar-refractivity contribution in [3.8, 4) is 0 Å². The number of anilines is 2. The molecule has 2 aromatic rings. The Labute approximate surface area is 160 Å². The fourth-order valence-corrected chi connectivity index (χ4v) is 3.34. The number of nitrogens with zero attached hydrogens (tertiary/aromatic N) is 1. The van der Waals surface area contributed by atoms with Crippen LogP contribution in [0.2, 0.25) is 0 Å². The summed E-state index contributed by atoms with van der Waals surface area (Å²) in [7, 11) is 0. The summed E-state index contributed by atoms with van der Waals surface area (Å²) >= 11 is 0. The third kappa shape index (κ3) is 5.58. The number of hydrogen-bond donors (Lipinski definition) is 2. The number of aryl methyl sites for hydroxylation is 1. The molecule has 1 aliphatic rings. The second kappa shape index (κ2) is 9.21. The van der Waals surface area contributed by atoms with Crippen LogP contribution >= 0.6 is 0 Å². The maximum atomic E-state index is 12.0. The van der Waals surface area contributed by atoms with Crippen LogP contribution in [-0.4, -0.2) is 31.4 Å². The molecule has 1 heterocycles. The first-order valence-corrected chi connectivity index (χ1v) is 9.61. The number of nitrogens with one attached hydrogen (secondary N) is 2. The Hall–Kier alpha value is -2.82. The highest BCUT2D eigenvalue weighted by Crippen LogP contribution is 2.20. The number of rotatable bonds is 5. The molecule has 5 heteroatoms. The standard InChI is InChI=1S/C22H27N3O2/c1-17-6-5-7-19(16-17)24-22(27)21(26)23-13-12-18-8-10-20(11-9-18)25-14-3-2-4-15-25/h5-11,16H,2-4,12-15H2,1H3,(H,23,26)(H,24,27). The number of amides is 2. The average molecular weight is 365 g/mol. The number of carbonyl (C=O) groups excluding carboxylic acids is 2. The predicted molar refractivity (Wildman–Crippen MR) is 109 cm³/mol. The average Bonchev–Trinajstić information content (AvgIpc) is 2.69. The molecular formula is C22H27N3O2. The second-order valence-electron chi connectivity index (χ2n) is 7.04. The van der Waals surface area contributed by atoms with E-state index in [-0.39, 0.29) is 0 Å². The van der Waals surface area contributed by atoms with E-state index in [0.29, 0.717) is 18.7 Å². The van der Waals surface area contributed by atoms with Gasteiger partial charge in [0, 0.05) is 31.0 Å². The van der Waals surface area contributed by atoms with Crippen molar-refractivity contribution in [2.45, 2.75) is 32.6 Å². The molecule has 27 heavy (non-hydrogen) atoms. The highest BCUT2D eigenvalue weighted by atomic mass is 16.2. The fraction of sp³-hybridized carbons (Fsp3) is 0.364. The predicted octanol–water partition coefficient (Wildman–Crippen LogP) is 3.28. The van der Waals surface area contributed by atoms with Crippen molar-refractivity contribution >= 4 is 23.2 Å². The van der Waals surface area contributed by atoms with Gasteiger partial charge < -0.3 is 15.5 Å². The van der Waals surface area contributed by atoms with Gasteiger partial charge in [0.2, 0.25) is 0 Å². The molecule has 0 unspecified atom stereocenters. The molecule has 1 aliphatic heterocycles. The van der Waals surface area contributed by atoms with E-state index in [1.807, 2.05) is 25.1 Å². The third-order valence-corrected chi connectivity index (χ3v) is 4.84. The summed E-state index contributed by atoms with van der Waals surface area (Å²) in [6.07, 6.45) is 4.55. The van der Waals surface area contributed by atoms with Crippen LogP contribution in [0, 0.1) is 6.92 Å². The largest absolute Gasteiger partial charge is 0.372 e. The van der Waals surface area contributed by atoms with Gasteiger partial charge in [-0.15, -0.1) is 0 Å². The highest BCUT2D eigenvalue weighted by molar-refractivity contribution is 6.39. The minimum absolute atomic E-state index is 0.434. The zero-order valence-electron chi connectivity index (χ0n) is 15.8. The van der Waals surface area contributed by atoms with Crippen molar-refractivity contribution in [1.82, 2.24) is 5.32 Å². The van der Waals surface area contributed by atoms with E-state index < -0.39 is 11.8 Å². The van der Waals surface area contributed by atoms with E-state index in [1.54, 1.807) is 6.07 Å². The third-order valence-electron chi connectivity index (χ3n) is 4.84. The van der Waals surface area contributed by atoms with Gasteiger partial charge in [-0.05, 0) is 68.0 Å². The van der Waals surface area contributed by atoms with E-state index >= 15 is 0 Å². The maximum absolute atomic E-state index is 12.0. The molecule has 0 radical (unpaired) electrons. The lowest BCUT2D eigenvalue weighted by Gasteiger charge is -2.28. The Kier molecular flexibility index (Phi) is 6.47. The summed E-state index contributed by atoms with van der Waals surface area (Å²) < 4.78 is 0. The zero-order chi connectivity index (χ0) is 19.1. The van der Waals surface area contributed by atoms with Gasteiger partial charge in [-0.2, -0.15) is 0 Å². The molecule has 2 aromatic carbocycles. The fourth-order valence-electron chi connectivity index (χ4n) is 3.34. The summed E-state index contributed by atoms with van der Waals surface area (Å²) in [5.41, 5.74) is 4.07. The molecule has 0 atom stereocenters. The number of benzene rings is 2. The van der Waals surface area contributed by atoms with Crippen LogP contribution in [0.3, 0.4) is 0 Å². The van der Waals surface area contributed by atoms with Crippen LogP contribution in [0.25, 0.3) is 0 Å². The van der Waals surface area contributed by atoms with Gasteiger partial charge in [0.05, 0.1) is 0 Å². The van der Waals surface area contributed by atoms with E-state index in [2.05, 4.69) is 39.8 Å². The van der Waals surface area contributed by atoms with Gasteiger partial charge in [0.15, 0.2) is 0 Å². The molecule has 0 aliphatic carbocycles. The van der Waals surface area contributed by atoms with Gasteiger partial charge in [-0.3, -0.25) is 9.59 Å². The van der Waals surface area contributed by atoms with Crippen LogP contribution in [-0.2, 0) is 16.0 Å². The van der Waals surface area contributed by atoms with Crippen LogP contribution < -0.4 is 15.5 Å². The number of piperidine rings is 1. The van der Waals surface area contributed by atoms with Gasteiger partial charge in [-0.25, -0.2) is 0 Å². The lowest BCUT2D eigenvalue weighted by atomic mass is 10.1. The van der Waals surface area contributed by atoms with Crippen LogP contribution in [0.15, 0.2) is 48.5 Å². The summed E-state index contributed by atoms with van der Waals surface area (Å²) in [6.45, 7) is 4.63.